The Labute approximate surface area is 126 Å². The summed E-state index contributed by atoms with van der Waals surface area (Å²) in [6, 6.07) is 9.34. The first-order chi connectivity index (χ1) is 10.3. The number of rotatable bonds is 4. The number of anilines is 1. The molecule has 112 valence electrons. The van der Waals surface area contributed by atoms with Crippen molar-refractivity contribution in [2.24, 2.45) is 5.92 Å². The number of nitrogens with one attached hydrogen (secondary N) is 1. The Morgan fingerprint density at radius 1 is 1.14 bits per heavy atom. The molecule has 1 N–H and O–H groups in total. The molecule has 1 aromatic heterocycles. The highest BCUT2D eigenvalue weighted by atomic mass is 15.3. The molecule has 4 nitrogen and oxygen atoms in total. The van der Waals surface area contributed by atoms with Crippen molar-refractivity contribution in [1.29, 1.82) is 0 Å². The van der Waals surface area contributed by atoms with Gasteiger partial charge in [-0.25, -0.2) is 9.67 Å². The van der Waals surface area contributed by atoms with Crippen molar-refractivity contribution in [2.75, 3.05) is 5.32 Å². The lowest BCUT2D eigenvalue weighted by Gasteiger charge is -2.18. The van der Waals surface area contributed by atoms with Crippen molar-refractivity contribution in [3.05, 3.63) is 42.5 Å². The number of nitrogens with zero attached hydrogens (tertiary/aromatic N) is 3. The van der Waals surface area contributed by atoms with E-state index < -0.39 is 0 Å². The summed E-state index contributed by atoms with van der Waals surface area (Å²) in [4.78, 5) is 3.97. The Hall–Kier alpha value is -1.84. The predicted octanol–water partition coefficient (Wildman–Crippen LogP) is 3.71. The summed E-state index contributed by atoms with van der Waals surface area (Å²) in [6.07, 6.45) is 10.00. The Kier molecular flexibility index (Phi) is 4.53. The first-order valence-electron chi connectivity index (χ1n) is 7.97. The molecular formula is C17H24N4. The van der Waals surface area contributed by atoms with E-state index in [0.717, 1.165) is 12.5 Å². The van der Waals surface area contributed by atoms with Crippen LogP contribution in [0.25, 0.3) is 0 Å². The van der Waals surface area contributed by atoms with Gasteiger partial charge < -0.3 is 5.32 Å². The fourth-order valence-electron chi connectivity index (χ4n) is 3.07. The van der Waals surface area contributed by atoms with Crippen LogP contribution in [0.2, 0.25) is 0 Å². The van der Waals surface area contributed by atoms with Gasteiger partial charge in [-0.3, -0.25) is 0 Å². The van der Waals surface area contributed by atoms with E-state index in [1.165, 1.54) is 43.4 Å². The number of benzene rings is 1. The van der Waals surface area contributed by atoms with E-state index in [2.05, 4.69) is 46.6 Å². The average molecular weight is 284 g/mol. The Morgan fingerprint density at radius 3 is 2.76 bits per heavy atom. The predicted molar refractivity (Wildman–Crippen MR) is 85.2 cm³/mol. The van der Waals surface area contributed by atoms with Crippen molar-refractivity contribution in [3.63, 3.8) is 0 Å². The van der Waals surface area contributed by atoms with Crippen LogP contribution in [0, 0.1) is 5.92 Å². The number of hydrogen-bond donors (Lipinski definition) is 1. The van der Waals surface area contributed by atoms with Gasteiger partial charge in [-0.15, -0.1) is 0 Å². The van der Waals surface area contributed by atoms with Crippen molar-refractivity contribution >= 4 is 5.69 Å². The quantitative estimate of drug-likeness (QED) is 0.870. The van der Waals surface area contributed by atoms with Crippen LogP contribution in [0.1, 0.15) is 44.6 Å². The molecule has 21 heavy (non-hydrogen) atoms. The Morgan fingerprint density at radius 2 is 2.00 bits per heavy atom. The molecular weight excluding hydrogens is 260 g/mol. The zero-order valence-electron chi connectivity index (χ0n) is 12.7. The first-order valence-corrected chi connectivity index (χ1v) is 7.97. The molecule has 0 saturated heterocycles. The van der Waals surface area contributed by atoms with Gasteiger partial charge in [-0.2, -0.15) is 5.10 Å². The Balaban J connectivity index is 1.56. The standard InChI is InChI=1S/C17H24N4/c1-14-3-2-4-16(8-5-14)20-17-9-6-15(7-10-17)11-21-13-18-12-19-21/h6-7,9-10,12-14,16,20H,2-5,8,11H2,1H3. The van der Waals surface area contributed by atoms with Gasteiger partial charge in [0.05, 0.1) is 6.54 Å². The third-order valence-electron chi connectivity index (χ3n) is 4.39. The van der Waals surface area contributed by atoms with Crippen LogP contribution in [0.5, 0.6) is 0 Å². The van der Waals surface area contributed by atoms with Gasteiger partial charge in [0.1, 0.15) is 12.7 Å². The van der Waals surface area contributed by atoms with E-state index in [1.54, 1.807) is 12.7 Å². The summed E-state index contributed by atoms with van der Waals surface area (Å²) >= 11 is 0. The van der Waals surface area contributed by atoms with Crippen LogP contribution in [0.3, 0.4) is 0 Å². The minimum absolute atomic E-state index is 0.635. The molecule has 1 aromatic carbocycles. The topological polar surface area (TPSA) is 42.7 Å². The Bertz CT molecular complexity index is 532. The summed E-state index contributed by atoms with van der Waals surface area (Å²) < 4.78 is 1.84. The van der Waals surface area contributed by atoms with Crippen molar-refractivity contribution in [2.45, 2.75) is 51.6 Å². The largest absolute Gasteiger partial charge is 0.382 e. The molecule has 0 aliphatic heterocycles. The van der Waals surface area contributed by atoms with E-state index >= 15 is 0 Å². The monoisotopic (exact) mass is 284 g/mol. The highest BCUT2D eigenvalue weighted by Gasteiger charge is 2.15. The smallest absolute Gasteiger partial charge is 0.137 e. The first kappa shape index (κ1) is 14.1. The molecule has 0 spiro atoms. The summed E-state index contributed by atoms with van der Waals surface area (Å²) in [5.74, 6) is 0.891. The average Bonchev–Trinajstić information content (AvgIpc) is 2.91. The maximum atomic E-state index is 4.13. The van der Waals surface area contributed by atoms with Gasteiger partial charge in [0.2, 0.25) is 0 Å². The van der Waals surface area contributed by atoms with E-state index in [1.807, 2.05) is 4.68 Å². The second-order valence-electron chi connectivity index (χ2n) is 6.24. The van der Waals surface area contributed by atoms with Crippen molar-refractivity contribution < 1.29 is 0 Å². The van der Waals surface area contributed by atoms with Gasteiger partial charge in [0.25, 0.3) is 0 Å². The number of hydrogen-bond acceptors (Lipinski definition) is 3. The lowest BCUT2D eigenvalue weighted by molar-refractivity contribution is 0.502. The maximum Gasteiger partial charge on any atom is 0.137 e. The summed E-state index contributed by atoms with van der Waals surface area (Å²) in [5, 5.41) is 7.83. The van der Waals surface area contributed by atoms with Gasteiger partial charge in [0.15, 0.2) is 0 Å². The van der Waals surface area contributed by atoms with Gasteiger partial charge in [0, 0.05) is 11.7 Å². The van der Waals surface area contributed by atoms with E-state index in [0.29, 0.717) is 6.04 Å². The number of aromatic nitrogens is 3. The lowest BCUT2D eigenvalue weighted by Crippen LogP contribution is -2.18. The highest BCUT2D eigenvalue weighted by Crippen LogP contribution is 2.25. The second-order valence-corrected chi connectivity index (χ2v) is 6.24. The minimum Gasteiger partial charge on any atom is -0.382 e. The van der Waals surface area contributed by atoms with Gasteiger partial charge in [-0.1, -0.05) is 31.9 Å². The van der Waals surface area contributed by atoms with Crippen molar-refractivity contribution in [3.8, 4) is 0 Å². The molecule has 2 unspecified atom stereocenters. The molecule has 4 heteroatoms. The van der Waals surface area contributed by atoms with E-state index in [9.17, 15) is 0 Å². The summed E-state index contributed by atoms with van der Waals surface area (Å²) in [7, 11) is 0. The molecule has 3 rings (SSSR count). The molecule has 0 bridgehead atoms. The third kappa shape index (κ3) is 4.06. The summed E-state index contributed by atoms with van der Waals surface area (Å²) in [6.45, 7) is 3.16. The molecule has 1 heterocycles. The fourth-order valence-corrected chi connectivity index (χ4v) is 3.07. The normalized spacial score (nSPS) is 22.7. The zero-order valence-corrected chi connectivity index (χ0v) is 12.7. The van der Waals surface area contributed by atoms with Gasteiger partial charge in [-0.05, 0) is 42.9 Å². The third-order valence-corrected chi connectivity index (χ3v) is 4.39. The molecule has 2 atom stereocenters. The lowest BCUT2D eigenvalue weighted by atomic mass is 10.0. The van der Waals surface area contributed by atoms with Crippen LogP contribution in [0.15, 0.2) is 36.9 Å². The van der Waals surface area contributed by atoms with Crippen molar-refractivity contribution in [1.82, 2.24) is 14.8 Å². The van der Waals surface area contributed by atoms with E-state index in [4.69, 9.17) is 0 Å². The molecule has 1 aliphatic rings. The SMILES string of the molecule is CC1CCCC(Nc2ccc(Cn3cncn3)cc2)CC1. The highest BCUT2D eigenvalue weighted by molar-refractivity contribution is 5.45. The second kappa shape index (κ2) is 6.74. The van der Waals surface area contributed by atoms with Crippen LogP contribution in [-0.2, 0) is 6.54 Å². The van der Waals surface area contributed by atoms with Crippen LogP contribution in [0.4, 0.5) is 5.69 Å². The van der Waals surface area contributed by atoms with Crippen LogP contribution >= 0.6 is 0 Å². The molecule has 1 saturated carbocycles. The molecule has 2 aromatic rings. The maximum absolute atomic E-state index is 4.13. The van der Waals surface area contributed by atoms with Crippen LogP contribution in [-0.4, -0.2) is 20.8 Å². The fraction of sp³-hybridized carbons (Fsp3) is 0.529. The summed E-state index contributed by atoms with van der Waals surface area (Å²) in [5.41, 5.74) is 2.48. The molecule has 1 aliphatic carbocycles. The molecule has 0 radical (unpaired) electrons. The van der Waals surface area contributed by atoms with E-state index in [-0.39, 0.29) is 0 Å². The molecule has 0 amide bonds. The minimum atomic E-state index is 0.635. The van der Waals surface area contributed by atoms with Crippen LogP contribution < -0.4 is 5.32 Å². The van der Waals surface area contributed by atoms with Gasteiger partial charge >= 0.3 is 0 Å². The molecule has 1 fully saturated rings. The zero-order chi connectivity index (χ0) is 14.5.